The van der Waals surface area contributed by atoms with Gasteiger partial charge in [0.05, 0.1) is 5.56 Å². The Labute approximate surface area is 177 Å². The molecule has 0 radical (unpaired) electrons. The van der Waals surface area contributed by atoms with Gasteiger partial charge in [-0.05, 0) is 35.0 Å². The van der Waals surface area contributed by atoms with Crippen LogP contribution in [0.2, 0.25) is 0 Å². The lowest BCUT2D eigenvalue weighted by Crippen LogP contribution is -2.26. The minimum absolute atomic E-state index is 0.172. The number of benzene rings is 3. The summed E-state index contributed by atoms with van der Waals surface area (Å²) in [7, 11) is 0. The van der Waals surface area contributed by atoms with E-state index in [9.17, 15) is 14.4 Å². The van der Waals surface area contributed by atoms with Crippen molar-refractivity contribution in [2.24, 2.45) is 0 Å². The summed E-state index contributed by atoms with van der Waals surface area (Å²) in [5, 5.41) is 1.97. The van der Waals surface area contributed by atoms with E-state index in [4.69, 9.17) is 0 Å². The van der Waals surface area contributed by atoms with Crippen LogP contribution in [0, 0.1) is 0 Å². The van der Waals surface area contributed by atoms with Crippen LogP contribution in [0.25, 0.3) is 16.3 Å². The number of rotatable bonds is 2. The van der Waals surface area contributed by atoms with E-state index in [1.54, 1.807) is 53.1 Å². The van der Waals surface area contributed by atoms with Crippen molar-refractivity contribution in [2.75, 3.05) is 0 Å². The van der Waals surface area contributed by atoms with Gasteiger partial charge in [-0.2, -0.15) is 0 Å². The maximum absolute atomic E-state index is 13.8. The molecular weight excluding hydrogens is 386 g/mol. The van der Waals surface area contributed by atoms with Crippen LogP contribution in [0.4, 0.5) is 0 Å². The van der Waals surface area contributed by atoms with Gasteiger partial charge >= 0.3 is 0 Å². The molecule has 3 aromatic carbocycles. The van der Waals surface area contributed by atoms with Gasteiger partial charge in [0, 0.05) is 34.0 Å². The molecular formula is C27H15NO3. The summed E-state index contributed by atoms with van der Waals surface area (Å²) < 4.78 is 1.70. The summed E-state index contributed by atoms with van der Waals surface area (Å²) in [5.74, 6) is -0.823. The van der Waals surface area contributed by atoms with Gasteiger partial charge in [0.2, 0.25) is 5.78 Å². The van der Waals surface area contributed by atoms with E-state index >= 15 is 0 Å². The SMILES string of the molecule is O=C1c2ccccc2C(=O)c2c1cc1cccn1c2C(=O)c1ccc2ccccc2c1. The first-order chi connectivity index (χ1) is 15.1. The highest BCUT2D eigenvalue weighted by atomic mass is 16.1. The number of hydrogen-bond donors (Lipinski definition) is 0. The lowest BCUT2D eigenvalue weighted by atomic mass is 9.82. The number of hydrogen-bond acceptors (Lipinski definition) is 3. The highest BCUT2D eigenvalue weighted by Gasteiger charge is 2.35. The Morgan fingerprint density at radius 2 is 1.35 bits per heavy atom. The highest BCUT2D eigenvalue weighted by molar-refractivity contribution is 6.32. The summed E-state index contributed by atoms with van der Waals surface area (Å²) in [5.41, 5.74) is 2.55. The second-order valence-electron chi connectivity index (χ2n) is 7.68. The van der Waals surface area contributed by atoms with E-state index < -0.39 is 0 Å². The van der Waals surface area contributed by atoms with Gasteiger partial charge in [0.15, 0.2) is 11.6 Å². The van der Waals surface area contributed by atoms with Gasteiger partial charge in [-0.1, -0.05) is 60.7 Å². The molecule has 0 unspecified atom stereocenters. The molecule has 0 aliphatic heterocycles. The van der Waals surface area contributed by atoms with Gasteiger partial charge in [-0.3, -0.25) is 14.4 Å². The maximum atomic E-state index is 13.8. The van der Waals surface area contributed by atoms with E-state index in [1.165, 1.54) is 0 Å². The van der Waals surface area contributed by atoms with Crippen LogP contribution in [0.3, 0.4) is 0 Å². The minimum Gasteiger partial charge on any atom is -0.313 e. The largest absolute Gasteiger partial charge is 0.313 e. The van der Waals surface area contributed by atoms with Gasteiger partial charge in [0.25, 0.3) is 0 Å². The van der Waals surface area contributed by atoms with Gasteiger partial charge in [-0.25, -0.2) is 0 Å². The van der Waals surface area contributed by atoms with E-state index in [0.717, 1.165) is 10.8 Å². The Kier molecular flexibility index (Phi) is 3.59. The number of pyridine rings is 1. The molecule has 0 saturated heterocycles. The lowest BCUT2D eigenvalue weighted by molar-refractivity contribution is 0.0969. The van der Waals surface area contributed by atoms with E-state index in [0.29, 0.717) is 22.2 Å². The molecule has 2 heterocycles. The third-order valence-corrected chi connectivity index (χ3v) is 5.93. The zero-order chi connectivity index (χ0) is 21.1. The third-order valence-electron chi connectivity index (χ3n) is 5.93. The molecule has 0 fully saturated rings. The quantitative estimate of drug-likeness (QED) is 0.379. The minimum atomic E-state index is -0.301. The molecule has 0 atom stereocenters. The zero-order valence-corrected chi connectivity index (χ0v) is 16.3. The van der Waals surface area contributed by atoms with Crippen LogP contribution in [0.5, 0.6) is 0 Å². The summed E-state index contributed by atoms with van der Waals surface area (Å²) >= 11 is 0. The summed E-state index contributed by atoms with van der Waals surface area (Å²) in [6.07, 6.45) is 1.75. The standard InChI is InChI=1S/C27H15NO3/c29-25(18-12-11-16-6-1-2-7-17(16)14-18)24-23-22(15-19-8-5-13-28(19)24)26(30)20-9-3-4-10-21(20)27(23)31/h1-15H. The molecule has 0 spiro atoms. The molecule has 1 aliphatic carbocycles. The van der Waals surface area contributed by atoms with Crippen LogP contribution in [-0.2, 0) is 0 Å². The second-order valence-corrected chi connectivity index (χ2v) is 7.68. The first-order valence-corrected chi connectivity index (χ1v) is 9.99. The average molecular weight is 401 g/mol. The van der Waals surface area contributed by atoms with Crippen molar-refractivity contribution in [2.45, 2.75) is 0 Å². The normalized spacial score (nSPS) is 12.8. The fourth-order valence-electron chi connectivity index (χ4n) is 4.44. The topological polar surface area (TPSA) is 55.6 Å². The molecule has 6 rings (SSSR count). The Hall–Kier alpha value is -4.31. The molecule has 4 nitrogen and oxygen atoms in total. The van der Waals surface area contributed by atoms with E-state index in [-0.39, 0.29) is 34.2 Å². The van der Waals surface area contributed by atoms with Crippen molar-refractivity contribution in [3.8, 4) is 0 Å². The van der Waals surface area contributed by atoms with E-state index in [2.05, 4.69) is 0 Å². The van der Waals surface area contributed by atoms with Crippen molar-refractivity contribution in [3.05, 3.63) is 125 Å². The van der Waals surface area contributed by atoms with E-state index in [1.807, 2.05) is 42.5 Å². The predicted molar refractivity (Wildman–Crippen MR) is 118 cm³/mol. The number of carbonyl (C=O) groups excluding carboxylic acids is 3. The van der Waals surface area contributed by atoms with Gasteiger partial charge in [0.1, 0.15) is 5.69 Å². The summed E-state index contributed by atoms with van der Waals surface area (Å²) in [6.45, 7) is 0. The van der Waals surface area contributed by atoms with Crippen LogP contribution in [0.1, 0.15) is 47.9 Å². The number of carbonyl (C=O) groups is 3. The molecule has 5 aromatic rings. The molecule has 0 amide bonds. The Morgan fingerprint density at radius 3 is 2.16 bits per heavy atom. The Bertz CT molecular complexity index is 1590. The molecule has 0 saturated carbocycles. The molecule has 0 N–H and O–H groups in total. The number of ketones is 3. The zero-order valence-electron chi connectivity index (χ0n) is 16.3. The van der Waals surface area contributed by atoms with Crippen molar-refractivity contribution < 1.29 is 14.4 Å². The number of nitrogens with zero attached hydrogens (tertiary/aromatic N) is 1. The van der Waals surface area contributed by atoms with Gasteiger partial charge in [-0.15, -0.1) is 0 Å². The fourth-order valence-corrected chi connectivity index (χ4v) is 4.44. The molecule has 2 aromatic heterocycles. The fraction of sp³-hybridized carbons (Fsp3) is 0. The predicted octanol–water partition coefficient (Wildman–Crippen LogP) is 5.10. The average Bonchev–Trinajstić information content (AvgIpc) is 3.29. The second kappa shape index (κ2) is 6.34. The summed E-state index contributed by atoms with van der Waals surface area (Å²) in [4.78, 5) is 40.5. The first-order valence-electron chi connectivity index (χ1n) is 9.99. The molecule has 146 valence electrons. The van der Waals surface area contributed by atoms with Crippen LogP contribution < -0.4 is 0 Å². The molecule has 0 bridgehead atoms. The molecule has 31 heavy (non-hydrogen) atoms. The first kappa shape index (κ1) is 17.5. The van der Waals surface area contributed by atoms with Crippen molar-refractivity contribution in [3.63, 3.8) is 0 Å². The number of aromatic nitrogens is 1. The summed E-state index contributed by atoms with van der Waals surface area (Å²) in [6, 6.07) is 25.4. The van der Waals surface area contributed by atoms with Gasteiger partial charge < -0.3 is 4.40 Å². The van der Waals surface area contributed by atoms with Crippen LogP contribution in [0.15, 0.2) is 91.1 Å². The lowest BCUT2D eigenvalue weighted by Gasteiger charge is -2.21. The molecule has 4 heteroatoms. The highest BCUT2D eigenvalue weighted by Crippen LogP contribution is 2.32. The van der Waals surface area contributed by atoms with Crippen molar-refractivity contribution in [1.29, 1.82) is 0 Å². The van der Waals surface area contributed by atoms with Crippen LogP contribution >= 0.6 is 0 Å². The monoisotopic (exact) mass is 401 g/mol. The molecule has 1 aliphatic rings. The maximum Gasteiger partial charge on any atom is 0.210 e. The smallest absolute Gasteiger partial charge is 0.210 e. The Morgan fingerprint density at radius 1 is 0.645 bits per heavy atom. The van der Waals surface area contributed by atoms with Crippen LogP contribution in [-0.4, -0.2) is 21.8 Å². The van der Waals surface area contributed by atoms with Crippen molar-refractivity contribution >= 4 is 33.6 Å². The van der Waals surface area contributed by atoms with Crippen molar-refractivity contribution in [1.82, 2.24) is 4.40 Å². The third kappa shape index (κ3) is 2.45. The Balaban J connectivity index is 1.65. The number of fused-ring (bicyclic) bond motifs is 4.